The number of hydrogen-bond donors (Lipinski definition) is 3. The van der Waals surface area contributed by atoms with Gasteiger partial charge >= 0.3 is 12.1 Å². The van der Waals surface area contributed by atoms with Crippen molar-refractivity contribution in [3.63, 3.8) is 0 Å². The fourth-order valence-electron chi connectivity index (χ4n) is 3.36. The lowest BCUT2D eigenvalue weighted by molar-refractivity contribution is -0.142. The van der Waals surface area contributed by atoms with Gasteiger partial charge in [0.05, 0.1) is 0 Å². The van der Waals surface area contributed by atoms with Crippen LogP contribution in [0.5, 0.6) is 0 Å². The molecule has 0 fully saturated rings. The number of hydrogen-bond acceptors (Lipinski definition) is 4. The van der Waals surface area contributed by atoms with Crippen molar-refractivity contribution in [3.8, 4) is 0 Å². The van der Waals surface area contributed by atoms with Crippen LogP contribution in [-0.4, -0.2) is 35.2 Å². The molecule has 0 saturated heterocycles. The molecule has 0 unspecified atom stereocenters. The van der Waals surface area contributed by atoms with Crippen LogP contribution in [0.3, 0.4) is 0 Å². The highest BCUT2D eigenvalue weighted by Crippen LogP contribution is 2.22. The molecule has 0 heterocycles. The molecule has 3 aromatic rings. The second kappa shape index (κ2) is 12.9. The first-order valence-electron chi connectivity index (χ1n) is 10.8. The molecule has 182 valence electrons. The summed E-state index contributed by atoms with van der Waals surface area (Å²) in [5, 5.41) is 15.3. The molecule has 0 saturated carbocycles. The van der Waals surface area contributed by atoms with Crippen LogP contribution < -0.4 is 10.6 Å². The third-order valence-electron chi connectivity index (χ3n) is 5.15. The maximum atomic E-state index is 13.1. The maximum absolute atomic E-state index is 13.1. The van der Waals surface area contributed by atoms with Gasteiger partial charge in [-0.2, -0.15) is 0 Å². The molecule has 0 aliphatic rings. The molecule has 0 radical (unpaired) electrons. The van der Waals surface area contributed by atoms with Gasteiger partial charge in [-0.25, -0.2) is 9.59 Å². The number of halogens is 2. The van der Waals surface area contributed by atoms with Gasteiger partial charge in [-0.15, -0.1) is 0 Å². The predicted octanol–water partition coefficient (Wildman–Crippen LogP) is 4.75. The largest absolute Gasteiger partial charge is 0.480 e. The summed E-state index contributed by atoms with van der Waals surface area (Å²) >= 11 is 9.42. The summed E-state index contributed by atoms with van der Waals surface area (Å²) < 4.78 is 5.93. The SMILES string of the molecule is O=C(N[C@@H](Cc1ccccc1)C(=O)N[C@H](Cc1cc(Cl)ccc1Br)C(=O)O)OCc1ccccc1. The highest BCUT2D eigenvalue weighted by Gasteiger charge is 2.28. The van der Waals surface area contributed by atoms with Crippen molar-refractivity contribution in [3.05, 3.63) is 105 Å². The van der Waals surface area contributed by atoms with E-state index in [1.54, 1.807) is 18.2 Å². The van der Waals surface area contributed by atoms with Crippen molar-refractivity contribution in [1.82, 2.24) is 10.6 Å². The number of benzene rings is 3. The molecule has 0 bridgehead atoms. The molecule has 2 amide bonds. The van der Waals surface area contributed by atoms with E-state index in [0.717, 1.165) is 11.1 Å². The summed E-state index contributed by atoms with van der Waals surface area (Å²) in [6, 6.07) is 20.9. The number of carbonyl (C=O) groups is 3. The van der Waals surface area contributed by atoms with Gasteiger partial charge in [-0.1, -0.05) is 88.2 Å². The van der Waals surface area contributed by atoms with Crippen LogP contribution in [0.15, 0.2) is 83.3 Å². The van der Waals surface area contributed by atoms with E-state index < -0.39 is 30.1 Å². The van der Waals surface area contributed by atoms with Crippen LogP contribution >= 0.6 is 27.5 Å². The van der Waals surface area contributed by atoms with Crippen LogP contribution in [-0.2, 0) is 33.8 Å². The maximum Gasteiger partial charge on any atom is 0.408 e. The van der Waals surface area contributed by atoms with Gasteiger partial charge in [0.25, 0.3) is 0 Å². The number of carboxylic acid groups (broad SMARTS) is 1. The number of rotatable bonds is 10. The second-order valence-electron chi connectivity index (χ2n) is 7.79. The summed E-state index contributed by atoms with van der Waals surface area (Å²) in [5.41, 5.74) is 2.21. The van der Waals surface area contributed by atoms with Crippen LogP contribution in [0, 0.1) is 0 Å². The van der Waals surface area contributed by atoms with Crippen molar-refractivity contribution >= 4 is 45.5 Å². The molecule has 0 spiro atoms. The highest BCUT2D eigenvalue weighted by molar-refractivity contribution is 9.10. The Kier molecular flexibility index (Phi) is 9.69. The van der Waals surface area contributed by atoms with E-state index in [-0.39, 0.29) is 19.4 Å². The standard InChI is InChI=1S/C26H24BrClN2O5/c27-21-12-11-20(28)14-19(21)15-23(25(32)33)29-24(31)22(13-17-7-3-1-4-8-17)30-26(34)35-16-18-9-5-2-6-10-18/h1-12,14,22-23H,13,15-16H2,(H,29,31)(H,30,34)(H,32,33)/t22-,23+/m0/s1. The number of amides is 2. The minimum absolute atomic E-state index is 0.00126. The Balaban J connectivity index is 1.71. The predicted molar refractivity (Wildman–Crippen MR) is 136 cm³/mol. The highest BCUT2D eigenvalue weighted by atomic mass is 79.9. The molecule has 7 nitrogen and oxygen atoms in total. The molecular formula is C26H24BrClN2O5. The van der Waals surface area contributed by atoms with Crippen molar-refractivity contribution in [2.45, 2.75) is 31.5 Å². The molecule has 0 aromatic heterocycles. The summed E-state index contributed by atoms with van der Waals surface area (Å²) in [7, 11) is 0. The van der Waals surface area contributed by atoms with Gasteiger partial charge in [0, 0.05) is 22.3 Å². The van der Waals surface area contributed by atoms with Crippen molar-refractivity contribution in [2.75, 3.05) is 0 Å². The lowest BCUT2D eigenvalue weighted by Gasteiger charge is -2.22. The molecule has 2 atom stereocenters. The minimum atomic E-state index is -1.24. The molecule has 3 aromatic carbocycles. The minimum Gasteiger partial charge on any atom is -0.480 e. The number of nitrogens with one attached hydrogen (secondary N) is 2. The third-order valence-corrected chi connectivity index (χ3v) is 6.16. The number of carbonyl (C=O) groups excluding carboxylic acids is 2. The van der Waals surface area contributed by atoms with Crippen LogP contribution in [0.4, 0.5) is 4.79 Å². The van der Waals surface area contributed by atoms with E-state index in [2.05, 4.69) is 26.6 Å². The van der Waals surface area contributed by atoms with Crippen molar-refractivity contribution in [1.29, 1.82) is 0 Å². The first-order chi connectivity index (χ1) is 16.8. The van der Waals surface area contributed by atoms with E-state index in [9.17, 15) is 19.5 Å². The van der Waals surface area contributed by atoms with Gasteiger partial charge in [0.2, 0.25) is 5.91 Å². The Bertz CT molecular complexity index is 1160. The lowest BCUT2D eigenvalue weighted by Crippen LogP contribution is -2.53. The molecular weight excluding hydrogens is 536 g/mol. The van der Waals surface area contributed by atoms with Gasteiger partial charge in [0.15, 0.2) is 0 Å². The van der Waals surface area contributed by atoms with E-state index in [1.165, 1.54) is 0 Å². The Morgan fingerprint density at radius 3 is 2.11 bits per heavy atom. The van der Waals surface area contributed by atoms with Crippen LogP contribution in [0.25, 0.3) is 0 Å². The smallest absolute Gasteiger partial charge is 0.408 e. The van der Waals surface area contributed by atoms with Crippen molar-refractivity contribution < 1.29 is 24.2 Å². The monoisotopic (exact) mass is 558 g/mol. The Morgan fingerprint density at radius 1 is 0.857 bits per heavy atom. The summed E-state index contributed by atoms with van der Waals surface area (Å²) in [6.45, 7) is 0.0346. The Labute approximate surface area is 216 Å². The molecule has 3 rings (SSSR count). The van der Waals surface area contributed by atoms with E-state index >= 15 is 0 Å². The van der Waals surface area contributed by atoms with Crippen molar-refractivity contribution in [2.24, 2.45) is 0 Å². The normalized spacial score (nSPS) is 12.3. The van der Waals surface area contributed by atoms with Gasteiger partial charge in [-0.3, -0.25) is 4.79 Å². The number of alkyl carbamates (subject to hydrolysis) is 1. The van der Waals surface area contributed by atoms with E-state index in [4.69, 9.17) is 16.3 Å². The quantitative estimate of drug-likeness (QED) is 0.332. The fraction of sp³-hybridized carbons (Fsp3) is 0.192. The second-order valence-corrected chi connectivity index (χ2v) is 9.08. The van der Waals surface area contributed by atoms with Gasteiger partial charge < -0.3 is 20.5 Å². The van der Waals surface area contributed by atoms with E-state index in [0.29, 0.717) is 15.1 Å². The number of ether oxygens (including phenoxy) is 1. The van der Waals surface area contributed by atoms with Gasteiger partial charge in [0.1, 0.15) is 18.7 Å². The van der Waals surface area contributed by atoms with Crippen LogP contribution in [0.1, 0.15) is 16.7 Å². The van der Waals surface area contributed by atoms with Crippen LogP contribution in [0.2, 0.25) is 5.02 Å². The average Bonchev–Trinajstić information content (AvgIpc) is 2.85. The lowest BCUT2D eigenvalue weighted by atomic mass is 10.0. The Hall–Kier alpha value is -3.36. The third kappa shape index (κ3) is 8.42. The topological polar surface area (TPSA) is 105 Å². The molecule has 0 aliphatic carbocycles. The number of aliphatic carboxylic acids is 1. The first kappa shape index (κ1) is 26.2. The molecule has 0 aliphatic heterocycles. The first-order valence-corrected chi connectivity index (χ1v) is 12.0. The summed E-state index contributed by atoms with van der Waals surface area (Å²) in [5.74, 6) is -1.86. The summed E-state index contributed by atoms with van der Waals surface area (Å²) in [6.07, 6.45) is -0.631. The Morgan fingerprint density at radius 2 is 1.49 bits per heavy atom. The zero-order valence-corrected chi connectivity index (χ0v) is 21.0. The number of carboxylic acids is 1. The molecule has 3 N–H and O–H groups in total. The molecule has 9 heteroatoms. The molecule has 35 heavy (non-hydrogen) atoms. The van der Waals surface area contributed by atoms with E-state index in [1.807, 2.05) is 60.7 Å². The summed E-state index contributed by atoms with van der Waals surface area (Å²) in [4.78, 5) is 37.5. The average molecular weight is 560 g/mol. The zero-order chi connectivity index (χ0) is 25.2. The fourth-order valence-corrected chi connectivity index (χ4v) is 3.96. The zero-order valence-electron chi connectivity index (χ0n) is 18.6. The van der Waals surface area contributed by atoms with Gasteiger partial charge in [-0.05, 0) is 34.9 Å².